The van der Waals surface area contributed by atoms with Crippen molar-refractivity contribution in [3.05, 3.63) is 29.8 Å². The summed E-state index contributed by atoms with van der Waals surface area (Å²) in [5, 5.41) is 18.0. The van der Waals surface area contributed by atoms with Crippen molar-refractivity contribution in [1.29, 1.82) is 5.26 Å². The van der Waals surface area contributed by atoms with E-state index in [1.165, 1.54) is 12.1 Å². The summed E-state index contributed by atoms with van der Waals surface area (Å²) in [6.45, 7) is 0.412. The lowest BCUT2D eigenvalue weighted by Crippen LogP contribution is -2.32. The molecule has 2 N–H and O–H groups in total. The van der Waals surface area contributed by atoms with Gasteiger partial charge in [-0.05, 0) is 49.3 Å². The predicted octanol–water partition coefficient (Wildman–Crippen LogP) is 1.58. The number of benzene rings is 1. The fraction of sp³-hybridized carbons (Fsp3) is 0.533. The summed E-state index contributed by atoms with van der Waals surface area (Å²) in [5.41, 5.74) is 0.803. The molecule has 1 aromatic carbocycles. The van der Waals surface area contributed by atoms with Gasteiger partial charge in [0.1, 0.15) is 0 Å². The number of sulfonamides is 1. The Balaban J connectivity index is 1.93. The molecule has 5 nitrogen and oxygen atoms in total. The van der Waals surface area contributed by atoms with E-state index >= 15 is 0 Å². The zero-order valence-electron chi connectivity index (χ0n) is 11.8. The van der Waals surface area contributed by atoms with Gasteiger partial charge in [0, 0.05) is 6.54 Å². The Morgan fingerprint density at radius 1 is 1.19 bits per heavy atom. The summed E-state index contributed by atoms with van der Waals surface area (Å²) in [5.74, 6) is 0.293. The van der Waals surface area contributed by atoms with Gasteiger partial charge in [-0.3, -0.25) is 0 Å². The minimum atomic E-state index is -3.50. The highest BCUT2D eigenvalue weighted by atomic mass is 32.2. The number of aliphatic hydroxyl groups excluding tert-OH is 1. The highest BCUT2D eigenvalue weighted by Gasteiger charge is 2.22. The van der Waals surface area contributed by atoms with Gasteiger partial charge in [0.15, 0.2) is 0 Å². The number of nitrogens with one attached hydrogen (secondary N) is 1. The summed E-state index contributed by atoms with van der Waals surface area (Å²) < 4.78 is 27.0. The van der Waals surface area contributed by atoms with Crippen molar-refractivity contribution in [1.82, 2.24) is 4.72 Å². The molecular weight excluding hydrogens is 288 g/mol. The summed E-state index contributed by atoms with van der Waals surface area (Å²) in [6, 6.07) is 8.41. The number of rotatable bonds is 5. The maximum Gasteiger partial charge on any atom is 0.240 e. The van der Waals surface area contributed by atoms with Crippen molar-refractivity contribution >= 4 is 10.0 Å². The van der Waals surface area contributed by atoms with Crippen molar-refractivity contribution in [3.63, 3.8) is 0 Å². The lowest BCUT2D eigenvalue weighted by atomic mass is 9.88. The van der Waals surface area contributed by atoms with E-state index in [4.69, 9.17) is 5.26 Å². The minimum Gasteiger partial charge on any atom is -0.393 e. The zero-order valence-corrected chi connectivity index (χ0v) is 12.6. The first-order chi connectivity index (χ1) is 10.0. The van der Waals surface area contributed by atoms with Gasteiger partial charge in [-0.15, -0.1) is 0 Å². The zero-order chi connectivity index (χ0) is 15.3. The van der Waals surface area contributed by atoms with Crippen LogP contribution in [0.25, 0.3) is 0 Å². The Kier molecular flexibility index (Phi) is 5.34. The first-order valence-electron chi connectivity index (χ1n) is 7.15. The topological polar surface area (TPSA) is 90.2 Å². The molecule has 0 spiro atoms. The van der Waals surface area contributed by atoms with E-state index in [2.05, 4.69) is 4.72 Å². The third-order valence-electron chi connectivity index (χ3n) is 3.90. The summed E-state index contributed by atoms with van der Waals surface area (Å²) in [7, 11) is -3.50. The smallest absolute Gasteiger partial charge is 0.240 e. The van der Waals surface area contributed by atoms with Gasteiger partial charge in [0.05, 0.1) is 23.5 Å². The number of hydrogen-bond donors (Lipinski definition) is 2. The molecule has 0 radical (unpaired) electrons. The van der Waals surface area contributed by atoms with Crippen molar-refractivity contribution in [2.24, 2.45) is 5.92 Å². The monoisotopic (exact) mass is 308 g/mol. The molecule has 6 heteroatoms. The van der Waals surface area contributed by atoms with Crippen LogP contribution in [-0.4, -0.2) is 26.2 Å². The van der Waals surface area contributed by atoms with E-state index in [1.54, 1.807) is 12.1 Å². The number of nitriles is 1. The fourth-order valence-electron chi connectivity index (χ4n) is 2.54. The molecule has 1 fully saturated rings. The van der Waals surface area contributed by atoms with Crippen LogP contribution in [0.2, 0.25) is 0 Å². The molecule has 0 unspecified atom stereocenters. The van der Waals surface area contributed by atoms with E-state index in [0.717, 1.165) is 31.2 Å². The first-order valence-corrected chi connectivity index (χ1v) is 8.63. The molecular formula is C15H20N2O3S. The second-order valence-electron chi connectivity index (χ2n) is 5.51. The van der Waals surface area contributed by atoms with Crippen molar-refractivity contribution < 1.29 is 13.5 Å². The summed E-state index contributed by atoms with van der Waals surface area (Å²) >= 11 is 0. The molecule has 0 atom stereocenters. The highest BCUT2D eigenvalue weighted by molar-refractivity contribution is 7.89. The van der Waals surface area contributed by atoms with Crippen LogP contribution in [0.4, 0.5) is 0 Å². The van der Waals surface area contributed by atoms with Crippen LogP contribution in [0, 0.1) is 17.2 Å². The van der Waals surface area contributed by atoms with E-state index in [1.807, 2.05) is 6.07 Å². The molecule has 1 aliphatic rings. The molecule has 0 saturated heterocycles. The van der Waals surface area contributed by atoms with Crippen LogP contribution in [0.1, 0.15) is 31.2 Å². The van der Waals surface area contributed by atoms with Crippen molar-refractivity contribution in [2.75, 3.05) is 6.54 Å². The van der Waals surface area contributed by atoms with Crippen LogP contribution in [0.15, 0.2) is 29.2 Å². The Morgan fingerprint density at radius 2 is 1.81 bits per heavy atom. The highest BCUT2D eigenvalue weighted by Crippen LogP contribution is 2.24. The lowest BCUT2D eigenvalue weighted by Gasteiger charge is -2.25. The van der Waals surface area contributed by atoms with E-state index in [0.29, 0.717) is 12.5 Å². The van der Waals surface area contributed by atoms with Crippen LogP contribution in [0.5, 0.6) is 0 Å². The van der Waals surface area contributed by atoms with Gasteiger partial charge < -0.3 is 5.11 Å². The number of hydrogen-bond acceptors (Lipinski definition) is 4. The van der Waals surface area contributed by atoms with Crippen molar-refractivity contribution in [3.8, 4) is 6.07 Å². The standard InChI is InChI=1S/C15H20N2O3S/c16-10-9-12-3-7-15(8-4-12)21(19,20)17-11-13-1-5-14(18)6-2-13/h3-4,7-8,13-14,17-18H,1-2,5-6,9,11H2. The van der Waals surface area contributed by atoms with E-state index in [-0.39, 0.29) is 17.4 Å². The molecule has 114 valence electrons. The Labute approximate surface area is 125 Å². The maximum atomic E-state index is 12.2. The Morgan fingerprint density at radius 3 is 2.38 bits per heavy atom. The molecule has 0 heterocycles. The molecule has 0 aromatic heterocycles. The van der Waals surface area contributed by atoms with Gasteiger partial charge in [0.2, 0.25) is 10.0 Å². The van der Waals surface area contributed by atoms with Crippen LogP contribution in [-0.2, 0) is 16.4 Å². The van der Waals surface area contributed by atoms with E-state index in [9.17, 15) is 13.5 Å². The fourth-order valence-corrected chi connectivity index (χ4v) is 3.65. The van der Waals surface area contributed by atoms with Crippen LogP contribution in [0.3, 0.4) is 0 Å². The second-order valence-corrected chi connectivity index (χ2v) is 7.27. The van der Waals surface area contributed by atoms with Gasteiger partial charge in [-0.25, -0.2) is 13.1 Å². The SMILES string of the molecule is N#CCc1ccc(S(=O)(=O)NCC2CCC(O)CC2)cc1. The molecule has 0 amide bonds. The Bertz CT molecular complexity index is 597. The molecule has 0 aliphatic heterocycles. The average molecular weight is 308 g/mol. The molecule has 1 aromatic rings. The Hall–Kier alpha value is -1.42. The third kappa shape index (κ3) is 4.53. The molecule has 21 heavy (non-hydrogen) atoms. The average Bonchev–Trinajstić information content (AvgIpc) is 2.48. The first kappa shape index (κ1) is 16.0. The van der Waals surface area contributed by atoms with Crippen LogP contribution >= 0.6 is 0 Å². The third-order valence-corrected chi connectivity index (χ3v) is 5.33. The quantitative estimate of drug-likeness (QED) is 0.864. The normalized spacial score (nSPS) is 22.7. The predicted molar refractivity (Wildman–Crippen MR) is 78.9 cm³/mol. The second kappa shape index (κ2) is 7.03. The summed E-state index contributed by atoms with van der Waals surface area (Å²) in [4.78, 5) is 0.222. The van der Waals surface area contributed by atoms with Gasteiger partial charge in [0.25, 0.3) is 0 Å². The molecule has 2 rings (SSSR count). The molecule has 1 aliphatic carbocycles. The summed E-state index contributed by atoms with van der Waals surface area (Å²) in [6.07, 6.45) is 3.24. The number of aliphatic hydroxyl groups is 1. The van der Waals surface area contributed by atoms with Gasteiger partial charge in [-0.1, -0.05) is 12.1 Å². The van der Waals surface area contributed by atoms with Gasteiger partial charge >= 0.3 is 0 Å². The molecule has 1 saturated carbocycles. The van der Waals surface area contributed by atoms with Crippen molar-refractivity contribution in [2.45, 2.75) is 43.1 Å². The number of nitrogens with zero attached hydrogens (tertiary/aromatic N) is 1. The van der Waals surface area contributed by atoms with Crippen LogP contribution < -0.4 is 4.72 Å². The van der Waals surface area contributed by atoms with Gasteiger partial charge in [-0.2, -0.15) is 5.26 Å². The largest absolute Gasteiger partial charge is 0.393 e. The maximum absolute atomic E-state index is 12.2. The molecule has 0 bridgehead atoms. The lowest BCUT2D eigenvalue weighted by molar-refractivity contribution is 0.109. The van der Waals surface area contributed by atoms with E-state index < -0.39 is 10.0 Å². The minimum absolute atomic E-state index is 0.222.